The normalized spacial score (nSPS) is 8.62. The van der Waals surface area contributed by atoms with Crippen molar-refractivity contribution in [3.05, 3.63) is 44.5 Å². The van der Waals surface area contributed by atoms with Gasteiger partial charge in [-0.05, 0) is 0 Å². The molecular weight excluding hydrogens is 178 g/mol. The zero-order valence-electron chi connectivity index (χ0n) is 6.54. The molecule has 0 saturated carbocycles. The first-order valence-electron chi connectivity index (χ1n) is 3.00. The Hall–Kier alpha value is -2.02. The van der Waals surface area contributed by atoms with Gasteiger partial charge in [-0.1, -0.05) is 12.1 Å². The molecule has 0 bridgehead atoms. The third-order valence-corrected chi connectivity index (χ3v) is 1.28. The molecule has 0 aliphatic rings. The van der Waals surface area contributed by atoms with Gasteiger partial charge in [0.1, 0.15) is 0 Å². The number of benzene rings is 1. The molecule has 0 aromatic heterocycles. The van der Waals surface area contributed by atoms with E-state index in [1.165, 1.54) is 12.1 Å². The molecule has 0 radical (unpaired) electrons. The molecule has 7 nitrogen and oxygen atoms in total. The van der Waals surface area contributed by atoms with Crippen LogP contribution >= 0.6 is 0 Å². The van der Waals surface area contributed by atoms with Crippen molar-refractivity contribution >= 4 is 11.4 Å². The second kappa shape index (κ2) is 4.12. The molecule has 0 unspecified atom stereocenters. The quantitative estimate of drug-likeness (QED) is 0.554. The first-order chi connectivity index (χ1) is 5.63. The van der Waals surface area contributed by atoms with Gasteiger partial charge in [0.2, 0.25) is 0 Å². The van der Waals surface area contributed by atoms with E-state index in [2.05, 4.69) is 0 Å². The summed E-state index contributed by atoms with van der Waals surface area (Å²) >= 11 is 0. The van der Waals surface area contributed by atoms with Crippen LogP contribution in [-0.4, -0.2) is 9.85 Å². The van der Waals surface area contributed by atoms with Gasteiger partial charge in [-0.3, -0.25) is 20.2 Å². The number of nitro groups is 2. The van der Waals surface area contributed by atoms with Crippen LogP contribution in [0.15, 0.2) is 24.3 Å². The van der Waals surface area contributed by atoms with Gasteiger partial charge >= 0.3 is 11.4 Å². The number of hydrogen-bond donors (Lipinski definition) is 1. The summed E-state index contributed by atoms with van der Waals surface area (Å²) in [5, 5.41) is 20.5. The average Bonchev–Trinajstić information content (AvgIpc) is 2.04. The minimum Gasteiger partial charge on any atom is -0.344 e. The number of para-hydroxylation sites is 2. The SMILES string of the molecule is N.O=[N+]([O-])c1ccccc1[N+](=O)[O-]. The lowest BCUT2D eigenvalue weighted by Crippen LogP contribution is -1.95. The minimum atomic E-state index is -0.780. The van der Waals surface area contributed by atoms with E-state index >= 15 is 0 Å². The molecule has 0 spiro atoms. The van der Waals surface area contributed by atoms with Crippen LogP contribution in [0.3, 0.4) is 0 Å². The van der Waals surface area contributed by atoms with Crippen molar-refractivity contribution in [3.8, 4) is 0 Å². The van der Waals surface area contributed by atoms with Gasteiger partial charge in [-0.15, -0.1) is 0 Å². The van der Waals surface area contributed by atoms with Gasteiger partial charge in [-0.25, -0.2) is 0 Å². The van der Waals surface area contributed by atoms with E-state index in [0.29, 0.717) is 0 Å². The Kier molecular flexibility index (Phi) is 3.48. The number of hydrogen-bond acceptors (Lipinski definition) is 5. The van der Waals surface area contributed by atoms with Crippen LogP contribution < -0.4 is 6.15 Å². The van der Waals surface area contributed by atoms with Crippen LogP contribution in [0, 0.1) is 20.2 Å². The third-order valence-electron chi connectivity index (χ3n) is 1.28. The average molecular weight is 185 g/mol. The van der Waals surface area contributed by atoms with Gasteiger partial charge in [0.25, 0.3) is 0 Å². The van der Waals surface area contributed by atoms with Crippen molar-refractivity contribution < 1.29 is 9.85 Å². The lowest BCUT2D eigenvalue weighted by Gasteiger charge is -1.91. The first kappa shape index (κ1) is 11.0. The van der Waals surface area contributed by atoms with Crippen LogP contribution in [0.1, 0.15) is 0 Å². The molecule has 0 aliphatic heterocycles. The molecule has 0 fully saturated rings. The fraction of sp³-hybridized carbons (Fsp3) is 0. The van der Waals surface area contributed by atoms with Gasteiger partial charge < -0.3 is 6.15 Å². The summed E-state index contributed by atoms with van der Waals surface area (Å²) in [6, 6.07) is 4.95. The van der Waals surface area contributed by atoms with Crippen molar-refractivity contribution in [3.63, 3.8) is 0 Å². The van der Waals surface area contributed by atoms with E-state index in [-0.39, 0.29) is 6.15 Å². The zero-order valence-corrected chi connectivity index (χ0v) is 6.54. The van der Waals surface area contributed by atoms with E-state index in [4.69, 9.17) is 0 Å². The predicted octanol–water partition coefficient (Wildman–Crippen LogP) is 1.66. The van der Waals surface area contributed by atoms with Crippen molar-refractivity contribution in [2.24, 2.45) is 0 Å². The van der Waals surface area contributed by atoms with E-state index in [0.717, 1.165) is 12.1 Å². The highest BCUT2D eigenvalue weighted by Crippen LogP contribution is 2.24. The van der Waals surface area contributed by atoms with Gasteiger partial charge in [0.05, 0.1) is 9.85 Å². The Morgan fingerprint density at radius 3 is 1.46 bits per heavy atom. The van der Waals surface area contributed by atoms with Crippen molar-refractivity contribution in [2.75, 3.05) is 0 Å². The van der Waals surface area contributed by atoms with Crippen LogP contribution in [0.4, 0.5) is 11.4 Å². The molecule has 70 valence electrons. The molecule has 1 rings (SSSR count). The molecule has 0 atom stereocenters. The molecule has 13 heavy (non-hydrogen) atoms. The van der Waals surface area contributed by atoms with E-state index < -0.39 is 21.2 Å². The largest absolute Gasteiger partial charge is 0.346 e. The lowest BCUT2D eigenvalue weighted by atomic mass is 10.3. The minimum absolute atomic E-state index is 0. The van der Waals surface area contributed by atoms with Crippen LogP contribution in [0.25, 0.3) is 0 Å². The van der Waals surface area contributed by atoms with E-state index in [9.17, 15) is 20.2 Å². The van der Waals surface area contributed by atoms with Crippen molar-refractivity contribution in [2.45, 2.75) is 0 Å². The Balaban J connectivity index is 0.00000144. The summed E-state index contributed by atoms with van der Waals surface area (Å²) in [6.45, 7) is 0. The molecule has 3 N–H and O–H groups in total. The Labute approximate surface area is 72.9 Å². The van der Waals surface area contributed by atoms with Gasteiger partial charge in [-0.2, -0.15) is 0 Å². The summed E-state index contributed by atoms with van der Waals surface area (Å²) < 4.78 is 0. The van der Waals surface area contributed by atoms with E-state index in [1.807, 2.05) is 0 Å². The first-order valence-corrected chi connectivity index (χ1v) is 3.00. The molecule has 0 heterocycles. The smallest absolute Gasteiger partial charge is 0.344 e. The highest BCUT2D eigenvalue weighted by Gasteiger charge is 2.21. The Morgan fingerprint density at radius 1 is 0.923 bits per heavy atom. The third kappa shape index (κ3) is 2.20. The standard InChI is InChI=1S/C6H4N2O4.H3N/c9-7(10)5-3-1-2-4-6(5)8(11)12;/h1-4H;1H3. The molecule has 1 aromatic carbocycles. The van der Waals surface area contributed by atoms with Crippen LogP contribution in [0.5, 0.6) is 0 Å². The summed E-state index contributed by atoms with van der Waals surface area (Å²) in [4.78, 5) is 18.9. The molecular formula is C6H7N3O4. The number of rotatable bonds is 2. The summed E-state index contributed by atoms with van der Waals surface area (Å²) in [6.07, 6.45) is 0. The number of nitrogens with zero attached hydrogens (tertiary/aromatic N) is 2. The second-order valence-corrected chi connectivity index (χ2v) is 2.00. The van der Waals surface area contributed by atoms with Crippen LogP contribution in [-0.2, 0) is 0 Å². The predicted molar refractivity (Wildman–Crippen MR) is 44.8 cm³/mol. The summed E-state index contributed by atoms with van der Waals surface area (Å²) in [7, 11) is 0. The second-order valence-electron chi connectivity index (χ2n) is 2.00. The highest BCUT2D eigenvalue weighted by atomic mass is 16.6. The summed E-state index contributed by atoms with van der Waals surface area (Å²) in [5.74, 6) is 0. The Bertz CT molecular complexity index is 305. The van der Waals surface area contributed by atoms with Crippen LogP contribution in [0.2, 0.25) is 0 Å². The zero-order chi connectivity index (χ0) is 9.14. The maximum absolute atomic E-state index is 10.2. The monoisotopic (exact) mass is 185 g/mol. The maximum atomic E-state index is 10.2. The maximum Gasteiger partial charge on any atom is 0.346 e. The molecule has 7 heteroatoms. The molecule has 1 aromatic rings. The molecule has 0 aliphatic carbocycles. The number of nitro benzene ring substituents is 2. The Morgan fingerprint density at radius 2 is 1.23 bits per heavy atom. The van der Waals surface area contributed by atoms with Gasteiger partial charge in [0, 0.05) is 12.1 Å². The fourth-order valence-corrected chi connectivity index (χ4v) is 0.773. The molecule has 0 saturated heterocycles. The summed E-state index contributed by atoms with van der Waals surface area (Å²) in [5.41, 5.74) is -0.968. The topological polar surface area (TPSA) is 121 Å². The molecule has 0 amide bonds. The van der Waals surface area contributed by atoms with Gasteiger partial charge in [0.15, 0.2) is 0 Å². The lowest BCUT2D eigenvalue weighted by molar-refractivity contribution is -0.422. The van der Waals surface area contributed by atoms with Crippen molar-refractivity contribution in [1.29, 1.82) is 0 Å². The van der Waals surface area contributed by atoms with Crippen molar-refractivity contribution in [1.82, 2.24) is 6.15 Å². The van der Waals surface area contributed by atoms with E-state index in [1.54, 1.807) is 0 Å². The fourth-order valence-electron chi connectivity index (χ4n) is 0.773. The highest BCUT2D eigenvalue weighted by molar-refractivity contribution is 5.51.